The lowest BCUT2D eigenvalue weighted by Gasteiger charge is -2.01. The maximum absolute atomic E-state index is 13.5. The van der Waals surface area contributed by atoms with Crippen molar-refractivity contribution in [2.75, 3.05) is 0 Å². The van der Waals surface area contributed by atoms with Crippen LogP contribution >= 0.6 is 15.9 Å². The van der Waals surface area contributed by atoms with Crippen LogP contribution in [0.1, 0.15) is 10.6 Å². The van der Waals surface area contributed by atoms with E-state index in [0.717, 1.165) is 4.47 Å². The number of halogens is 2. The van der Waals surface area contributed by atoms with Crippen molar-refractivity contribution in [3.63, 3.8) is 0 Å². The van der Waals surface area contributed by atoms with Crippen LogP contribution in [-0.2, 0) is 0 Å². The fourth-order valence-electron chi connectivity index (χ4n) is 1.34. The van der Waals surface area contributed by atoms with Crippen LogP contribution in [0.25, 0.3) is 11.1 Å². The molecule has 0 aliphatic heterocycles. The molecular formula is C11H6BrFO2. The van der Waals surface area contributed by atoms with E-state index >= 15 is 0 Å². The quantitative estimate of drug-likeness (QED) is 0.779. The summed E-state index contributed by atoms with van der Waals surface area (Å²) in [4.78, 5) is 10.6. The van der Waals surface area contributed by atoms with Crippen molar-refractivity contribution in [3.05, 3.63) is 46.6 Å². The summed E-state index contributed by atoms with van der Waals surface area (Å²) in [5, 5.41) is 0. The third kappa shape index (κ3) is 1.85. The number of aldehydes is 1. The summed E-state index contributed by atoms with van der Waals surface area (Å²) in [5.74, 6) is -0.255. The van der Waals surface area contributed by atoms with Gasteiger partial charge in [0.05, 0.1) is 6.26 Å². The molecule has 0 bridgehead atoms. The molecule has 0 amide bonds. The number of furan rings is 1. The van der Waals surface area contributed by atoms with Gasteiger partial charge in [0.15, 0.2) is 12.0 Å². The van der Waals surface area contributed by atoms with Crippen molar-refractivity contribution in [1.29, 1.82) is 0 Å². The fraction of sp³-hybridized carbons (Fsp3) is 0. The molecule has 2 nitrogen and oxygen atoms in total. The van der Waals surface area contributed by atoms with Gasteiger partial charge in [-0.1, -0.05) is 15.9 Å². The third-order valence-electron chi connectivity index (χ3n) is 2.02. The Bertz CT molecular complexity index is 505. The largest absolute Gasteiger partial charge is 0.461 e. The summed E-state index contributed by atoms with van der Waals surface area (Å²) >= 11 is 3.24. The van der Waals surface area contributed by atoms with Crippen molar-refractivity contribution in [2.45, 2.75) is 0 Å². The van der Waals surface area contributed by atoms with Crippen molar-refractivity contribution in [3.8, 4) is 11.1 Å². The molecular weight excluding hydrogens is 263 g/mol. The van der Waals surface area contributed by atoms with Gasteiger partial charge in [-0.05, 0) is 24.3 Å². The molecule has 0 saturated carbocycles. The van der Waals surface area contributed by atoms with E-state index in [1.807, 2.05) is 0 Å². The first kappa shape index (κ1) is 10.1. The van der Waals surface area contributed by atoms with Gasteiger partial charge in [0.1, 0.15) is 5.82 Å². The highest BCUT2D eigenvalue weighted by atomic mass is 79.9. The van der Waals surface area contributed by atoms with Crippen molar-refractivity contribution >= 4 is 22.2 Å². The van der Waals surface area contributed by atoms with E-state index in [1.165, 1.54) is 12.3 Å². The number of carbonyl (C=O) groups is 1. The Morgan fingerprint density at radius 1 is 1.27 bits per heavy atom. The molecule has 15 heavy (non-hydrogen) atoms. The zero-order valence-corrected chi connectivity index (χ0v) is 9.12. The van der Waals surface area contributed by atoms with E-state index in [1.54, 1.807) is 18.2 Å². The van der Waals surface area contributed by atoms with E-state index < -0.39 is 0 Å². The minimum atomic E-state index is -0.386. The second kappa shape index (κ2) is 3.98. The number of hydrogen-bond donors (Lipinski definition) is 0. The standard InChI is InChI=1S/C11H6BrFO2/c12-7-1-2-10(13)9(5-7)8-3-4-15-11(8)6-14/h1-6H. The Hall–Kier alpha value is -1.42. The van der Waals surface area contributed by atoms with E-state index in [-0.39, 0.29) is 11.6 Å². The number of carbonyl (C=O) groups excluding carboxylic acids is 1. The maximum Gasteiger partial charge on any atom is 0.185 e. The molecule has 2 aromatic rings. The summed E-state index contributed by atoms with van der Waals surface area (Å²) in [7, 11) is 0. The lowest BCUT2D eigenvalue weighted by Crippen LogP contribution is -1.86. The van der Waals surface area contributed by atoms with E-state index in [2.05, 4.69) is 15.9 Å². The predicted octanol–water partition coefficient (Wildman–Crippen LogP) is 3.66. The van der Waals surface area contributed by atoms with Crippen molar-refractivity contribution in [2.24, 2.45) is 0 Å². The third-order valence-corrected chi connectivity index (χ3v) is 2.51. The molecule has 0 spiro atoms. The molecule has 0 radical (unpaired) electrons. The van der Waals surface area contributed by atoms with Crippen molar-refractivity contribution < 1.29 is 13.6 Å². The average molecular weight is 269 g/mol. The number of benzene rings is 1. The van der Waals surface area contributed by atoms with Gasteiger partial charge >= 0.3 is 0 Å². The van der Waals surface area contributed by atoms with Gasteiger partial charge in [-0.15, -0.1) is 0 Å². The maximum atomic E-state index is 13.5. The van der Waals surface area contributed by atoms with Crippen LogP contribution in [-0.4, -0.2) is 6.29 Å². The molecule has 1 heterocycles. The molecule has 0 unspecified atom stereocenters. The Labute approximate surface area is 93.8 Å². The van der Waals surface area contributed by atoms with Gasteiger partial charge in [0.25, 0.3) is 0 Å². The molecule has 4 heteroatoms. The first-order valence-electron chi connectivity index (χ1n) is 4.20. The minimum Gasteiger partial charge on any atom is -0.461 e. The molecule has 1 aromatic carbocycles. The van der Waals surface area contributed by atoms with Crippen LogP contribution in [0.2, 0.25) is 0 Å². The fourth-order valence-corrected chi connectivity index (χ4v) is 1.70. The molecule has 1 aromatic heterocycles. The first-order valence-corrected chi connectivity index (χ1v) is 5.00. The second-order valence-electron chi connectivity index (χ2n) is 2.94. The topological polar surface area (TPSA) is 30.2 Å². The smallest absolute Gasteiger partial charge is 0.185 e. The number of rotatable bonds is 2. The Morgan fingerprint density at radius 2 is 2.07 bits per heavy atom. The van der Waals surface area contributed by atoms with Crippen LogP contribution in [0.5, 0.6) is 0 Å². The van der Waals surface area contributed by atoms with Gasteiger partial charge in [0, 0.05) is 15.6 Å². The van der Waals surface area contributed by atoms with E-state index in [0.29, 0.717) is 17.4 Å². The summed E-state index contributed by atoms with van der Waals surface area (Å²) < 4.78 is 19.1. The van der Waals surface area contributed by atoms with Crippen LogP contribution < -0.4 is 0 Å². The van der Waals surface area contributed by atoms with E-state index in [4.69, 9.17) is 4.42 Å². The van der Waals surface area contributed by atoms with Gasteiger partial charge in [-0.3, -0.25) is 4.79 Å². The Morgan fingerprint density at radius 3 is 2.80 bits per heavy atom. The van der Waals surface area contributed by atoms with Gasteiger partial charge < -0.3 is 4.42 Å². The van der Waals surface area contributed by atoms with Crippen molar-refractivity contribution in [1.82, 2.24) is 0 Å². The summed E-state index contributed by atoms with van der Waals surface area (Å²) in [5.41, 5.74) is 0.809. The zero-order chi connectivity index (χ0) is 10.8. The summed E-state index contributed by atoms with van der Waals surface area (Å²) in [6.07, 6.45) is 1.93. The summed E-state index contributed by atoms with van der Waals surface area (Å²) in [6.45, 7) is 0. The average Bonchev–Trinajstić information content (AvgIpc) is 2.69. The lowest BCUT2D eigenvalue weighted by molar-refractivity contribution is 0.110. The zero-order valence-electron chi connectivity index (χ0n) is 7.54. The van der Waals surface area contributed by atoms with Gasteiger partial charge in [0.2, 0.25) is 0 Å². The lowest BCUT2D eigenvalue weighted by atomic mass is 10.1. The normalized spacial score (nSPS) is 10.3. The molecule has 0 atom stereocenters. The van der Waals surface area contributed by atoms with Crippen LogP contribution in [0.3, 0.4) is 0 Å². The molecule has 0 aliphatic rings. The Kier molecular flexibility index (Phi) is 2.68. The highest BCUT2D eigenvalue weighted by molar-refractivity contribution is 9.10. The predicted molar refractivity (Wildman–Crippen MR) is 57.2 cm³/mol. The molecule has 76 valence electrons. The first-order chi connectivity index (χ1) is 7.22. The van der Waals surface area contributed by atoms with Gasteiger partial charge in [-0.2, -0.15) is 0 Å². The highest BCUT2D eigenvalue weighted by Gasteiger charge is 2.12. The molecule has 0 aliphatic carbocycles. The number of hydrogen-bond acceptors (Lipinski definition) is 2. The molecule has 2 rings (SSSR count). The van der Waals surface area contributed by atoms with Gasteiger partial charge in [-0.25, -0.2) is 4.39 Å². The molecule has 0 saturated heterocycles. The summed E-state index contributed by atoms with van der Waals surface area (Å²) in [6, 6.07) is 6.10. The SMILES string of the molecule is O=Cc1occc1-c1cc(Br)ccc1F. The monoisotopic (exact) mass is 268 g/mol. The van der Waals surface area contributed by atoms with E-state index in [9.17, 15) is 9.18 Å². The molecule has 0 N–H and O–H groups in total. The van der Waals surface area contributed by atoms with Crippen LogP contribution in [0.15, 0.2) is 39.4 Å². The van der Waals surface area contributed by atoms with Crippen LogP contribution in [0.4, 0.5) is 4.39 Å². The second-order valence-corrected chi connectivity index (χ2v) is 3.86. The highest BCUT2D eigenvalue weighted by Crippen LogP contribution is 2.28. The minimum absolute atomic E-state index is 0.131. The van der Waals surface area contributed by atoms with Crippen LogP contribution in [0, 0.1) is 5.82 Å². The Balaban J connectivity index is 2.62. The molecule has 0 fully saturated rings.